The number of nitrogens with zero attached hydrogens (tertiary/aromatic N) is 5. The molecule has 0 radical (unpaired) electrons. The van der Waals surface area contributed by atoms with E-state index >= 15 is 4.39 Å². The van der Waals surface area contributed by atoms with Crippen molar-refractivity contribution in [3.8, 4) is 22.9 Å². The molecule has 2 atom stereocenters. The second-order valence-corrected chi connectivity index (χ2v) is 14.2. The van der Waals surface area contributed by atoms with Gasteiger partial charge in [0.05, 0.1) is 5.54 Å². The number of fused-ring (bicyclic) bond motifs is 5. The summed E-state index contributed by atoms with van der Waals surface area (Å²) in [6.45, 7) is 3.31. The molecule has 10 nitrogen and oxygen atoms in total. The van der Waals surface area contributed by atoms with E-state index in [1.165, 1.54) is 4.31 Å². The van der Waals surface area contributed by atoms with Crippen molar-refractivity contribution in [2.45, 2.75) is 56.1 Å². The van der Waals surface area contributed by atoms with E-state index in [9.17, 15) is 13.5 Å². The number of phenolic OH excluding ortho intramolecular Hbond substituents is 1. The van der Waals surface area contributed by atoms with Gasteiger partial charge in [-0.2, -0.15) is 22.7 Å². The number of nitrogens with two attached hydrogens (primary N) is 1. The van der Waals surface area contributed by atoms with Crippen LogP contribution in [0.1, 0.15) is 38.5 Å². The van der Waals surface area contributed by atoms with Crippen LogP contribution in [0.3, 0.4) is 0 Å². The maximum Gasteiger partial charge on any atom is 0.319 e. The third kappa shape index (κ3) is 4.49. The van der Waals surface area contributed by atoms with Gasteiger partial charge in [0.2, 0.25) is 0 Å². The molecule has 1 aromatic heterocycles. The Morgan fingerprint density at radius 3 is 2.43 bits per heavy atom. The molecule has 0 aliphatic carbocycles. The van der Waals surface area contributed by atoms with E-state index in [-0.39, 0.29) is 34.9 Å². The average Bonchev–Trinajstić information content (AvgIpc) is 3.66. The van der Waals surface area contributed by atoms with Gasteiger partial charge in [-0.15, -0.1) is 0 Å². The molecular weight excluding hydrogens is 583 g/mol. The molecule has 0 amide bonds. The number of anilines is 1. The van der Waals surface area contributed by atoms with Gasteiger partial charge < -0.3 is 14.7 Å². The molecule has 5 heterocycles. The summed E-state index contributed by atoms with van der Waals surface area (Å²) in [7, 11) is -3.85. The lowest BCUT2D eigenvalue weighted by Crippen LogP contribution is -2.57. The van der Waals surface area contributed by atoms with E-state index in [1.54, 1.807) is 18.2 Å². The summed E-state index contributed by atoms with van der Waals surface area (Å²) in [6.07, 6.45) is 5.75. The van der Waals surface area contributed by atoms with Crippen molar-refractivity contribution in [3.05, 3.63) is 54.3 Å². The zero-order valence-electron chi connectivity index (χ0n) is 24.3. The molecule has 3 N–H and O–H groups in total. The topological polar surface area (TPSA) is 125 Å². The minimum absolute atomic E-state index is 0.0421. The lowest BCUT2D eigenvalue weighted by Gasteiger charge is -2.40. The van der Waals surface area contributed by atoms with E-state index in [1.807, 2.05) is 35.2 Å². The fourth-order valence-corrected chi connectivity index (χ4v) is 9.44. The summed E-state index contributed by atoms with van der Waals surface area (Å²) in [4.78, 5) is 14.0. The minimum atomic E-state index is -3.85. The lowest BCUT2D eigenvalue weighted by molar-refractivity contribution is 0.108. The SMILES string of the molecule is NS(=O)(=O)N1[C@@H]2CC[C@H]1CN(c1nc(OCC34CCCN3CCC4)nc3c(F)c(-c4cc(O)cc5ccccc45)ccc13)C2. The molecule has 8 rings (SSSR count). The number of benzene rings is 3. The highest BCUT2D eigenvalue weighted by Crippen LogP contribution is 2.42. The molecule has 0 spiro atoms. The molecule has 230 valence electrons. The average molecular weight is 619 g/mol. The number of piperazine rings is 1. The van der Waals surface area contributed by atoms with Crippen molar-refractivity contribution in [3.63, 3.8) is 0 Å². The first-order valence-electron chi connectivity index (χ1n) is 15.4. The van der Waals surface area contributed by atoms with Crippen LogP contribution in [0.5, 0.6) is 11.8 Å². The maximum atomic E-state index is 16.7. The first-order chi connectivity index (χ1) is 21.2. The first-order valence-corrected chi connectivity index (χ1v) is 16.9. The monoisotopic (exact) mass is 618 g/mol. The van der Waals surface area contributed by atoms with E-state index in [0.29, 0.717) is 54.9 Å². The number of halogens is 1. The summed E-state index contributed by atoms with van der Waals surface area (Å²) in [5.74, 6) is 0.0412. The van der Waals surface area contributed by atoms with Gasteiger partial charge in [0, 0.05) is 36.1 Å². The van der Waals surface area contributed by atoms with Crippen molar-refractivity contribution in [1.29, 1.82) is 0 Å². The number of phenols is 1. The number of hydrogen-bond donors (Lipinski definition) is 2. The molecule has 3 aromatic carbocycles. The number of aromatic nitrogens is 2. The largest absolute Gasteiger partial charge is 0.508 e. The van der Waals surface area contributed by atoms with Crippen LogP contribution in [-0.4, -0.2) is 83.1 Å². The van der Waals surface area contributed by atoms with Crippen LogP contribution in [0.2, 0.25) is 0 Å². The third-order valence-corrected chi connectivity index (χ3v) is 11.4. The Hall–Kier alpha value is -3.58. The number of aromatic hydroxyl groups is 1. The molecule has 0 saturated carbocycles. The van der Waals surface area contributed by atoms with Crippen molar-refractivity contribution < 1.29 is 22.7 Å². The quantitative estimate of drug-likeness (QED) is 0.330. The van der Waals surface area contributed by atoms with Crippen molar-refractivity contribution in [2.75, 3.05) is 37.7 Å². The lowest BCUT2D eigenvalue weighted by atomic mass is 9.95. The van der Waals surface area contributed by atoms with Gasteiger partial charge in [0.25, 0.3) is 10.2 Å². The summed E-state index contributed by atoms with van der Waals surface area (Å²) < 4.78 is 49.2. The Balaban J connectivity index is 1.24. The van der Waals surface area contributed by atoms with Crippen LogP contribution in [0.15, 0.2) is 48.5 Å². The van der Waals surface area contributed by atoms with Gasteiger partial charge in [-0.3, -0.25) is 4.90 Å². The third-order valence-electron chi connectivity index (χ3n) is 10.2. The van der Waals surface area contributed by atoms with Crippen LogP contribution in [0, 0.1) is 5.82 Å². The Kier molecular flexibility index (Phi) is 6.49. The fourth-order valence-electron chi connectivity index (χ4n) is 8.27. The van der Waals surface area contributed by atoms with Gasteiger partial charge in [0.1, 0.15) is 23.7 Å². The molecule has 4 aliphatic heterocycles. The van der Waals surface area contributed by atoms with Gasteiger partial charge in [0.15, 0.2) is 5.82 Å². The molecule has 0 unspecified atom stereocenters. The highest BCUT2D eigenvalue weighted by atomic mass is 32.2. The van der Waals surface area contributed by atoms with Gasteiger partial charge in [-0.1, -0.05) is 30.3 Å². The normalized spacial score (nSPS) is 23.5. The van der Waals surface area contributed by atoms with Gasteiger partial charge in [-0.05, 0) is 86.1 Å². The van der Waals surface area contributed by atoms with Crippen LogP contribution in [-0.2, 0) is 10.2 Å². The van der Waals surface area contributed by atoms with Crippen molar-refractivity contribution in [1.82, 2.24) is 19.2 Å². The van der Waals surface area contributed by atoms with Gasteiger partial charge >= 0.3 is 6.01 Å². The summed E-state index contributed by atoms with van der Waals surface area (Å²) in [5, 5.41) is 18.2. The number of ether oxygens (including phenoxy) is 1. The second-order valence-electron chi connectivity index (χ2n) is 12.7. The van der Waals surface area contributed by atoms with E-state index in [4.69, 9.17) is 14.9 Å². The molecule has 4 aromatic rings. The van der Waals surface area contributed by atoms with Crippen molar-refractivity contribution >= 4 is 37.7 Å². The molecule has 44 heavy (non-hydrogen) atoms. The predicted octanol–water partition coefficient (Wildman–Crippen LogP) is 4.16. The zero-order valence-corrected chi connectivity index (χ0v) is 25.1. The summed E-state index contributed by atoms with van der Waals surface area (Å²) in [6, 6.07) is 13.8. The van der Waals surface area contributed by atoms with Crippen LogP contribution in [0.4, 0.5) is 10.2 Å². The predicted molar refractivity (Wildman–Crippen MR) is 166 cm³/mol. The van der Waals surface area contributed by atoms with E-state index < -0.39 is 16.0 Å². The Bertz CT molecular complexity index is 1880. The van der Waals surface area contributed by atoms with Gasteiger partial charge in [-0.25, -0.2) is 9.53 Å². The molecule has 4 fully saturated rings. The van der Waals surface area contributed by atoms with Crippen LogP contribution in [0.25, 0.3) is 32.8 Å². The summed E-state index contributed by atoms with van der Waals surface area (Å²) in [5.41, 5.74) is 0.965. The zero-order chi connectivity index (χ0) is 30.2. The molecular formula is C32H35FN6O4S. The fraction of sp³-hybridized carbons (Fsp3) is 0.438. The second kappa shape index (κ2) is 10.2. The smallest absolute Gasteiger partial charge is 0.319 e. The molecule has 2 bridgehead atoms. The maximum absolute atomic E-state index is 16.7. The molecule has 12 heteroatoms. The van der Waals surface area contributed by atoms with Crippen LogP contribution < -0.4 is 14.8 Å². The first kappa shape index (κ1) is 27.9. The van der Waals surface area contributed by atoms with Crippen molar-refractivity contribution in [2.24, 2.45) is 5.14 Å². The summed E-state index contributed by atoms with van der Waals surface area (Å²) >= 11 is 0. The molecule has 4 saturated heterocycles. The Morgan fingerprint density at radius 2 is 1.70 bits per heavy atom. The Labute approximate surface area is 255 Å². The number of hydrogen-bond acceptors (Lipinski definition) is 8. The number of rotatable bonds is 6. The standard InChI is InChI=1S/C32H35FN6O4S/c33-28-25(27-16-23(40)15-20-5-1-2-6-24(20)27)9-10-26-29(28)35-31(43-19-32-11-3-13-38(32)14-4-12-32)36-30(26)37-17-21-7-8-22(18-37)39(21)44(34,41)42/h1-2,5-6,9-10,15-16,21-22,40H,3-4,7-8,11-14,17-19H2,(H2,34,41,42)/t21-,22+. The minimum Gasteiger partial charge on any atom is -0.508 e. The highest BCUT2D eigenvalue weighted by molar-refractivity contribution is 7.86. The molecule has 4 aliphatic rings. The Morgan fingerprint density at radius 1 is 0.977 bits per heavy atom. The highest BCUT2D eigenvalue weighted by Gasteiger charge is 2.47. The van der Waals surface area contributed by atoms with E-state index in [0.717, 1.165) is 49.5 Å². The van der Waals surface area contributed by atoms with E-state index in [2.05, 4.69) is 9.88 Å². The van der Waals surface area contributed by atoms with Crippen LogP contribution >= 0.6 is 0 Å².